The number of carbonyl (C=O) groups is 1. The van der Waals surface area contributed by atoms with Gasteiger partial charge in [-0.15, -0.1) is 0 Å². The largest absolute Gasteiger partial charge is 0.480 e. The molecule has 0 amide bonds. The number of carboxylic acid groups (broad SMARTS) is 1. The van der Waals surface area contributed by atoms with Crippen LogP contribution in [0.5, 0.6) is 5.75 Å². The number of aliphatic carboxylic acids is 1. The Morgan fingerprint density at radius 1 is 1.16 bits per heavy atom. The fourth-order valence-electron chi connectivity index (χ4n) is 1.67. The van der Waals surface area contributed by atoms with Crippen LogP contribution in [0.25, 0.3) is 11.1 Å². The third-order valence-electron chi connectivity index (χ3n) is 2.43. The zero-order valence-corrected chi connectivity index (χ0v) is 12.9. The minimum atomic E-state index is -1.01. The molecule has 5 heteroatoms. The highest BCUT2D eigenvalue weighted by Crippen LogP contribution is 2.39. The Kier molecular flexibility index (Phi) is 4.61. The van der Waals surface area contributed by atoms with Crippen molar-refractivity contribution >= 4 is 37.8 Å². The topological polar surface area (TPSA) is 46.5 Å². The quantitative estimate of drug-likeness (QED) is 0.851. The maximum absolute atomic E-state index is 10.6. The lowest BCUT2D eigenvalue weighted by atomic mass is 10.1. The summed E-state index contributed by atoms with van der Waals surface area (Å²) in [5, 5.41) is 8.73. The van der Waals surface area contributed by atoms with E-state index < -0.39 is 5.97 Å². The highest BCUT2D eigenvalue weighted by molar-refractivity contribution is 9.11. The van der Waals surface area contributed by atoms with Crippen LogP contribution in [0.3, 0.4) is 0 Å². The number of hydrogen-bond donors (Lipinski definition) is 1. The second-order valence-electron chi connectivity index (χ2n) is 3.81. The van der Waals surface area contributed by atoms with E-state index >= 15 is 0 Å². The van der Waals surface area contributed by atoms with Crippen molar-refractivity contribution in [1.29, 1.82) is 0 Å². The number of halogens is 2. The molecule has 3 nitrogen and oxygen atoms in total. The summed E-state index contributed by atoms with van der Waals surface area (Å²) in [6.07, 6.45) is 0. The fourth-order valence-corrected chi connectivity index (χ4v) is 3.01. The van der Waals surface area contributed by atoms with E-state index in [1.165, 1.54) is 0 Å². The van der Waals surface area contributed by atoms with Gasteiger partial charge in [-0.05, 0) is 33.6 Å². The van der Waals surface area contributed by atoms with Gasteiger partial charge in [0.25, 0.3) is 0 Å². The summed E-state index contributed by atoms with van der Waals surface area (Å²) in [6.45, 7) is -0.375. The molecule has 0 aromatic heterocycles. The molecule has 0 bridgehead atoms. The highest BCUT2D eigenvalue weighted by Gasteiger charge is 2.13. The fraction of sp³-hybridized carbons (Fsp3) is 0.0714. The molecule has 0 atom stereocenters. The van der Waals surface area contributed by atoms with Crippen LogP contribution in [0.2, 0.25) is 0 Å². The van der Waals surface area contributed by atoms with Gasteiger partial charge in [0.2, 0.25) is 0 Å². The summed E-state index contributed by atoms with van der Waals surface area (Å²) in [5.74, 6) is -0.481. The van der Waals surface area contributed by atoms with Crippen molar-refractivity contribution in [3.8, 4) is 16.9 Å². The Bertz CT molecular complexity index is 597. The molecule has 0 fully saturated rings. The lowest BCUT2D eigenvalue weighted by Gasteiger charge is -2.13. The molecule has 1 N–H and O–H groups in total. The summed E-state index contributed by atoms with van der Waals surface area (Å²) in [7, 11) is 0. The van der Waals surface area contributed by atoms with E-state index in [9.17, 15) is 4.79 Å². The van der Waals surface area contributed by atoms with Crippen molar-refractivity contribution in [1.82, 2.24) is 0 Å². The van der Waals surface area contributed by atoms with Gasteiger partial charge >= 0.3 is 5.97 Å². The predicted molar refractivity (Wildman–Crippen MR) is 80.4 cm³/mol. The molecule has 2 rings (SSSR count). The zero-order chi connectivity index (χ0) is 13.8. The first-order valence-corrected chi connectivity index (χ1v) is 7.05. The minimum absolute atomic E-state index is 0.375. The third kappa shape index (κ3) is 3.58. The maximum atomic E-state index is 10.6. The summed E-state index contributed by atoms with van der Waals surface area (Å²) >= 11 is 6.82. The van der Waals surface area contributed by atoms with E-state index in [2.05, 4.69) is 31.9 Å². The second kappa shape index (κ2) is 6.21. The monoisotopic (exact) mass is 384 g/mol. The first-order valence-electron chi connectivity index (χ1n) is 5.47. The van der Waals surface area contributed by atoms with E-state index in [1.807, 2.05) is 42.5 Å². The van der Waals surface area contributed by atoms with E-state index in [4.69, 9.17) is 9.84 Å². The van der Waals surface area contributed by atoms with E-state index in [1.54, 1.807) is 0 Å². The van der Waals surface area contributed by atoms with Gasteiger partial charge in [0, 0.05) is 10.0 Å². The smallest absolute Gasteiger partial charge is 0.341 e. The van der Waals surface area contributed by atoms with Gasteiger partial charge in [0.1, 0.15) is 5.75 Å². The van der Waals surface area contributed by atoms with Gasteiger partial charge in [-0.25, -0.2) is 4.79 Å². The Labute approximate surface area is 127 Å². The molecule has 2 aromatic rings. The Hall–Kier alpha value is -1.33. The number of benzene rings is 2. The van der Waals surface area contributed by atoms with E-state index in [-0.39, 0.29) is 6.61 Å². The van der Waals surface area contributed by atoms with Crippen LogP contribution in [0, 0.1) is 0 Å². The van der Waals surface area contributed by atoms with Crippen molar-refractivity contribution in [2.45, 2.75) is 0 Å². The van der Waals surface area contributed by atoms with Gasteiger partial charge in [-0.2, -0.15) is 0 Å². The van der Waals surface area contributed by atoms with Crippen molar-refractivity contribution in [2.24, 2.45) is 0 Å². The predicted octanol–water partition coefficient (Wildman–Crippen LogP) is 4.34. The molecule has 0 saturated carbocycles. The van der Waals surface area contributed by atoms with Crippen molar-refractivity contribution in [2.75, 3.05) is 6.61 Å². The maximum Gasteiger partial charge on any atom is 0.341 e. The van der Waals surface area contributed by atoms with Crippen molar-refractivity contribution in [3.63, 3.8) is 0 Å². The molecule has 0 aliphatic heterocycles. The molecule has 98 valence electrons. The Balaban J connectivity index is 2.48. The van der Waals surface area contributed by atoms with Gasteiger partial charge in [0.15, 0.2) is 6.61 Å². The molecular weight excluding hydrogens is 376 g/mol. The number of rotatable bonds is 4. The molecule has 0 unspecified atom stereocenters. The molecule has 19 heavy (non-hydrogen) atoms. The van der Waals surface area contributed by atoms with E-state index in [0.29, 0.717) is 10.2 Å². The van der Waals surface area contributed by atoms with Crippen LogP contribution in [-0.2, 0) is 4.79 Å². The molecule has 0 heterocycles. The summed E-state index contributed by atoms with van der Waals surface area (Å²) < 4.78 is 6.97. The van der Waals surface area contributed by atoms with Crippen molar-refractivity contribution < 1.29 is 14.6 Å². The van der Waals surface area contributed by atoms with Crippen LogP contribution in [0.15, 0.2) is 51.4 Å². The first kappa shape index (κ1) is 14.1. The molecular formula is C14H10Br2O3. The minimum Gasteiger partial charge on any atom is -0.480 e. The third-order valence-corrected chi connectivity index (χ3v) is 3.48. The first-order chi connectivity index (χ1) is 9.08. The average molecular weight is 386 g/mol. The van der Waals surface area contributed by atoms with Crippen LogP contribution in [0.1, 0.15) is 0 Å². The highest BCUT2D eigenvalue weighted by atomic mass is 79.9. The molecule has 0 aliphatic carbocycles. The van der Waals surface area contributed by atoms with Gasteiger partial charge in [0.05, 0.1) is 4.47 Å². The Morgan fingerprint density at radius 2 is 1.84 bits per heavy atom. The summed E-state index contributed by atoms with van der Waals surface area (Å²) in [6, 6.07) is 13.4. The standard InChI is InChI=1S/C14H10Br2O3/c15-10-6-11(9-4-2-1-3-5-9)14(12(16)7-10)19-8-13(17)18/h1-7H,8H2,(H,17,18). The van der Waals surface area contributed by atoms with Crippen LogP contribution >= 0.6 is 31.9 Å². The van der Waals surface area contributed by atoms with Crippen molar-refractivity contribution in [3.05, 3.63) is 51.4 Å². The second-order valence-corrected chi connectivity index (χ2v) is 5.58. The lowest BCUT2D eigenvalue weighted by Crippen LogP contribution is -2.10. The molecule has 0 radical (unpaired) electrons. The normalized spacial score (nSPS) is 10.2. The van der Waals surface area contributed by atoms with Crippen LogP contribution in [0.4, 0.5) is 0 Å². The number of carboxylic acids is 1. The van der Waals surface area contributed by atoms with Gasteiger partial charge < -0.3 is 9.84 Å². The Morgan fingerprint density at radius 3 is 2.47 bits per heavy atom. The van der Waals surface area contributed by atoms with Gasteiger partial charge in [-0.1, -0.05) is 46.3 Å². The molecule has 0 aliphatic rings. The van der Waals surface area contributed by atoms with E-state index in [0.717, 1.165) is 15.6 Å². The van der Waals surface area contributed by atoms with Crippen LogP contribution < -0.4 is 4.74 Å². The number of ether oxygens (including phenoxy) is 1. The zero-order valence-electron chi connectivity index (χ0n) is 9.77. The summed E-state index contributed by atoms with van der Waals surface area (Å²) in [5.41, 5.74) is 1.80. The summed E-state index contributed by atoms with van der Waals surface area (Å²) in [4.78, 5) is 10.6. The van der Waals surface area contributed by atoms with Gasteiger partial charge in [-0.3, -0.25) is 0 Å². The molecule has 0 spiro atoms. The average Bonchev–Trinajstić information content (AvgIpc) is 2.37. The SMILES string of the molecule is O=C(O)COc1c(Br)cc(Br)cc1-c1ccccc1. The molecule has 0 saturated heterocycles. The number of hydrogen-bond acceptors (Lipinski definition) is 2. The van der Waals surface area contributed by atoms with Crippen LogP contribution in [-0.4, -0.2) is 17.7 Å². The molecule has 2 aromatic carbocycles. The lowest BCUT2D eigenvalue weighted by molar-refractivity contribution is -0.139.